The zero-order chi connectivity index (χ0) is 13.4. The number of rotatable bonds is 2. The highest BCUT2D eigenvalue weighted by Crippen LogP contribution is 2.19. The number of amides is 1. The van der Waals surface area contributed by atoms with E-state index in [1.807, 2.05) is 31.2 Å². The maximum Gasteiger partial charge on any atom is 0.267 e. The molecule has 1 aromatic carbocycles. The third kappa shape index (κ3) is 2.36. The van der Waals surface area contributed by atoms with Crippen LogP contribution in [0.15, 0.2) is 24.3 Å². The number of H-pyrrole nitrogens is 1. The van der Waals surface area contributed by atoms with E-state index < -0.39 is 0 Å². The second-order valence-corrected chi connectivity index (χ2v) is 5.44. The molecular weight excluding hydrogens is 238 g/mol. The van der Waals surface area contributed by atoms with Crippen LogP contribution in [0, 0.1) is 6.92 Å². The zero-order valence-corrected chi connectivity index (χ0v) is 11.4. The molecule has 4 nitrogen and oxygen atoms in total. The Bertz CT molecular complexity index is 617. The van der Waals surface area contributed by atoms with E-state index in [2.05, 4.69) is 22.2 Å². The van der Waals surface area contributed by atoms with Crippen LogP contribution in [-0.4, -0.2) is 42.0 Å². The average molecular weight is 257 g/mol. The van der Waals surface area contributed by atoms with Crippen molar-refractivity contribution >= 4 is 16.8 Å². The molecule has 2 N–H and O–H groups in total. The fraction of sp³-hybridized carbons (Fsp3) is 0.400. The van der Waals surface area contributed by atoms with Crippen molar-refractivity contribution in [3.63, 3.8) is 0 Å². The number of benzene rings is 1. The van der Waals surface area contributed by atoms with Gasteiger partial charge in [-0.2, -0.15) is 0 Å². The molecule has 1 saturated heterocycles. The normalized spacial score (nSPS) is 20.0. The number of para-hydroxylation sites is 1. The molecule has 0 aliphatic carbocycles. The summed E-state index contributed by atoms with van der Waals surface area (Å²) in [6.45, 7) is 4.04. The summed E-state index contributed by atoms with van der Waals surface area (Å²) in [6.07, 6.45) is 1.03. The van der Waals surface area contributed by atoms with Crippen LogP contribution in [0.2, 0.25) is 0 Å². The van der Waals surface area contributed by atoms with Gasteiger partial charge in [-0.05, 0) is 38.6 Å². The van der Waals surface area contributed by atoms with Crippen LogP contribution in [0.1, 0.15) is 22.5 Å². The van der Waals surface area contributed by atoms with Crippen molar-refractivity contribution in [3.05, 3.63) is 35.5 Å². The van der Waals surface area contributed by atoms with Crippen LogP contribution in [0.3, 0.4) is 0 Å². The van der Waals surface area contributed by atoms with Gasteiger partial charge in [-0.1, -0.05) is 18.2 Å². The Morgan fingerprint density at radius 2 is 2.32 bits per heavy atom. The van der Waals surface area contributed by atoms with Crippen LogP contribution in [0.5, 0.6) is 0 Å². The van der Waals surface area contributed by atoms with Crippen LogP contribution in [0.4, 0.5) is 0 Å². The fourth-order valence-electron chi connectivity index (χ4n) is 2.75. The lowest BCUT2D eigenvalue weighted by Gasteiger charge is -2.11. The first-order chi connectivity index (χ1) is 9.13. The summed E-state index contributed by atoms with van der Waals surface area (Å²) < 4.78 is 0. The minimum Gasteiger partial charge on any atom is -0.350 e. The number of likely N-dealkylation sites (tertiary alicyclic amines) is 1. The van der Waals surface area contributed by atoms with Crippen molar-refractivity contribution in [1.29, 1.82) is 0 Å². The lowest BCUT2D eigenvalue weighted by atomic mass is 10.2. The minimum absolute atomic E-state index is 0.00380. The van der Waals surface area contributed by atoms with Gasteiger partial charge in [0.2, 0.25) is 0 Å². The van der Waals surface area contributed by atoms with Gasteiger partial charge in [0.1, 0.15) is 5.69 Å². The van der Waals surface area contributed by atoms with Gasteiger partial charge >= 0.3 is 0 Å². The Hall–Kier alpha value is -1.81. The molecule has 1 atom stereocenters. The number of likely N-dealkylation sites (N-methyl/N-ethyl adjacent to an activating group) is 1. The lowest BCUT2D eigenvalue weighted by Crippen LogP contribution is -2.36. The highest BCUT2D eigenvalue weighted by molar-refractivity contribution is 5.98. The van der Waals surface area contributed by atoms with Crippen molar-refractivity contribution < 1.29 is 4.79 Å². The minimum atomic E-state index is -0.00380. The van der Waals surface area contributed by atoms with E-state index in [0.717, 1.165) is 36.0 Å². The van der Waals surface area contributed by atoms with Gasteiger partial charge in [0, 0.05) is 23.5 Å². The van der Waals surface area contributed by atoms with E-state index in [-0.39, 0.29) is 11.9 Å². The van der Waals surface area contributed by atoms with E-state index >= 15 is 0 Å². The number of carbonyl (C=O) groups excluding carboxylic acids is 1. The topological polar surface area (TPSA) is 48.1 Å². The number of aromatic amines is 1. The Balaban J connectivity index is 1.80. The van der Waals surface area contributed by atoms with E-state index in [0.29, 0.717) is 5.69 Å². The zero-order valence-electron chi connectivity index (χ0n) is 11.4. The van der Waals surface area contributed by atoms with E-state index in [9.17, 15) is 4.79 Å². The number of hydrogen-bond donors (Lipinski definition) is 2. The van der Waals surface area contributed by atoms with Crippen LogP contribution < -0.4 is 5.32 Å². The molecule has 1 amide bonds. The quantitative estimate of drug-likeness (QED) is 0.863. The summed E-state index contributed by atoms with van der Waals surface area (Å²) in [5, 5.41) is 4.19. The second kappa shape index (κ2) is 4.70. The molecule has 1 unspecified atom stereocenters. The largest absolute Gasteiger partial charge is 0.350 e. The molecule has 3 rings (SSSR count). The number of aromatic nitrogens is 1. The second-order valence-electron chi connectivity index (χ2n) is 5.44. The SMILES string of the molecule is Cc1cccc2cc(C(=O)NC3CCN(C)C3)[nH]c12. The van der Waals surface area contributed by atoms with E-state index in [1.165, 1.54) is 0 Å². The molecule has 4 heteroatoms. The van der Waals surface area contributed by atoms with E-state index in [1.54, 1.807) is 0 Å². The third-order valence-electron chi connectivity index (χ3n) is 3.84. The number of aryl methyl sites for hydroxylation is 1. The van der Waals surface area contributed by atoms with Gasteiger partial charge in [0.25, 0.3) is 5.91 Å². The molecule has 19 heavy (non-hydrogen) atoms. The summed E-state index contributed by atoms with van der Waals surface area (Å²) in [7, 11) is 2.08. The molecule has 0 bridgehead atoms. The molecule has 0 spiro atoms. The molecule has 100 valence electrons. The summed E-state index contributed by atoms with van der Waals surface area (Å²) in [4.78, 5) is 17.7. The molecule has 1 fully saturated rings. The van der Waals surface area contributed by atoms with Gasteiger partial charge in [-0.15, -0.1) is 0 Å². The predicted octanol–water partition coefficient (Wildman–Crippen LogP) is 1.91. The monoisotopic (exact) mass is 257 g/mol. The molecule has 0 radical (unpaired) electrons. The summed E-state index contributed by atoms with van der Waals surface area (Å²) in [5.74, 6) is -0.00380. The standard InChI is InChI=1S/C15H19N3O/c1-10-4-3-5-11-8-13(17-14(10)11)15(19)16-12-6-7-18(2)9-12/h3-5,8,12,17H,6-7,9H2,1-2H3,(H,16,19). The number of fused-ring (bicyclic) bond motifs is 1. The van der Waals surface area contributed by atoms with Crippen molar-refractivity contribution in [2.24, 2.45) is 0 Å². The summed E-state index contributed by atoms with van der Waals surface area (Å²) in [5.41, 5.74) is 2.87. The smallest absolute Gasteiger partial charge is 0.267 e. The summed E-state index contributed by atoms with van der Waals surface area (Å²) in [6, 6.07) is 8.28. The fourth-order valence-corrected chi connectivity index (χ4v) is 2.75. The first-order valence-electron chi connectivity index (χ1n) is 6.71. The predicted molar refractivity (Wildman–Crippen MR) is 76.4 cm³/mol. The number of nitrogens with zero attached hydrogens (tertiary/aromatic N) is 1. The summed E-state index contributed by atoms with van der Waals surface area (Å²) >= 11 is 0. The maximum absolute atomic E-state index is 12.2. The molecule has 2 heterocycles. The van der Waals surface area contributed by atoms with Crippen LogP contribution >= 0.6 is 0 Å². The Morgan fingerprint density at radius 1 is 1.47 bits per heavy atom. The first-order valence-corrected chi connectivity index (χ1v) is 6.71. The van der Waals surface area contributed by atoms with Gasteiger partial charge in [0.15, 0.2) is 0 Å². The third-order valence-corrected chi connectivity index (χ3v) is 3.84. The van der Waals surface area contributed by atoms with Crippen molar-refractivity contribution in [1.82, 2.24) is 15.2 Å². The van der Waals surface area contributed by atoms with E-state index in [4.69, 9.17) is 0 Å². The number of nitrogens with one attached hydrogen (secondary N) is 2. The van der Waals surface area contributed by atoms with Gasteiger partial charge in [-0.3, -0.25) is 4.79 Å². The van der Waals surface area contributed by atoms with Gasteiger partial charge in [-0.25, -0.2) is 0 Å². The molecule has 1 aliphatic heterocycles. The highest BCUT2D eigenvalue weighted by atomic mass is 16.1. The lowest BCUT2D eigenvalue weighted by molar-refractivity contribution is 0.0934. The Morgan fingerprint density at radius 3 is 3.00 bits per heavy atom. The van der Waals surface area contributed by atoms with Crippen molar-refractivity contribution in [3.8, 4) is 0 Å². The molecule has 0 saturated carbocycles. The highest BCUT2D eigenvalue weighted by Gasteiger charge is 2.22. The number of hydrogen-bond acceptors (Lipinski definition) is 2. The Labute approximate surface area is 112 Å². The molecule has 2 aromatic rings. The Kier molecular flexibility index (Phi) is 3.03. The average Bonchev–Trinajstić information content (AvgIpc) is 2.96. The first kappa shape index (κ1) is 12.2. The maximum atomic E-state index is 12.2. The molecular formula is C15H19N3O. The van der Waals surface area contributed by atoms with Crippen molar-refractivity contribution in [2.75, 3.05) is 20.1 Å². The van der Waals surface area contributed by atoms with Gasteiger partial charge in [0.05, 0.1) is 0 Å². The van der Waals surface area contributed by atoms with Gasteiger partial charge < -0.3 is 15.2 Å². The molecule has 1 aromatic heterocycles. The molecule has 1 aliphatic rings. The van der Waals surface area contributed by atoms with Crippen LogP contribution in [-0.2, 0) is 0 Å². The number of carbonyl (C=O) groups is 1. The van der Waals surface area contributed by atoms with Crippen LogP contribution in [0.25, 0.3) is 10.9 Å². The van der Waals surface area contributed by atoms with Crippen molar-refractivity contribution in [2.45, 2.75) is 19.4 Å².